The quantitative estimate of drug-likeness (QED) is 0.277. The second kappa shape index (κ2) is 9.15. The van der Waals surface area contributed by atoms with Gasteiger partial charge in [0.05, 0.1) is 10.2 Å². The van der Waals surface area contributed by atoms with Crippen LogP contribution in [-0.4, -0.2) is 10.9 Å². The molecule has 0 saturated heterocycles. The highest BCUT2D eigenvalue weighted by Crippen LogP contribution is 2.33. The van der Waals surface area contributed by atoms with Gasteiger partial charge < -0.3 is 5.32 Å². The summed E-state index contributed by atoms with van der Waals surface area (Å²) in [4.78, 5) is 17.4. The van der Waals surface area contributed by atoms with Crippen LogP contribution in [0.2, 0.25) is 0 Å². The van der Waals surface area contributed by atoms with E-state index in [0.29, 0.717) is 5.56 Å². The fourth-order valence-corrected chi connectivity index (χ4v) is 5.42. The van der Waals surface area contributed by atoms with Crippen molar-refractivity contribution in [2.45, 2.75) is 36.3 Å². The molecule has 0 fully saturated rings. The largest absolute Gasteiger partial charge is 0.322 e. The van der Waals surface area contributed by atoms with Gasteiger partial charge in [-0.2, -0.15) is 0 Å². The number of hydrogen-bond donors (Lipinski definition) is 1. The van der Waals surface area contributed by atoms with Crippen molar-refractivity contribution in [3.05, 3.63) is 87.9 Å². The van der Waals surface area contributed by atoms with Gasteiger partial charge in [-0.3, -0.25) is 4.79 Å². The van der Waals surface area contributed by atoms with Gasteiger partial charge in [0, 0.05) is 21.5 Å². The number of benzene rings is 3. The third-order valence-corrected chi connectivity index (χ3v) is 7.68. The summed E-state index contributed by atoms with van der Waals surface area (Å²) >= 11 is 6.85. The molecular formula is C25H23BrN2OS2. The molecule has 0 bridgehead atoms. The molecule has 0 aliphatic rings. The maximum absolute atomic E-state index is 12.7. The Bertz CT molecular complexity index is 1210. The number of carbonyl (C=O) groups excluding carboxylic acids is 1. The summed E-state index contributed by atoms with van der Waals surface area (Å²) in [6, 6.07) is 22.0. The number of nitrogens with zero attached hydrogens (tertiary/aromatic N) is 1. The van der Waals surface area contributed by atoms with E-state index in [1.54, 1.807) is 23.1 Å². The normalized spacial score (nSPS) is 11.6. The Morgan fingerprint density at radius 1 is 1.03 bits per heavy atom. The van der Waals surface area contributed by atoms with Crippen LogP contribution >= 0.6 is 39.0 Å². The van der Waals surface area contributed by atoms with Crippen LogP contribution in [-0.2, 0) is 11.2 Å². The molecular weight excluding hydrogens is 488 g/mol. The van der Waals surface area contributed by atoms with Gasteiger partial charge in [0.1, 0.15) is 0 Å². The lowest BCUT2D eigenvalue weighted by atomic mass is 9.87. The highest BCUT2D eigenvalue weighted by Gasteiger charge is 2.15. The molecule has 0 spiro atoms. The van der Waals surface area contributed by atoms with E-state index < -0.39 is 0 Å². The average Bonchev–Trinajstić information content (AvgIpc) is 3.15. The molecule has 1 aromatic heterocycles. The van der Waals surface area contributed by atoms with Gasteiger partial charge in [-0.05, 0) is 59.0 Å². The SMILES string of the molecule is CC(C)(C)c1ccc(C(=O)Nc2ccc3nc(SCc4ccc(Br)cc4)sc3c2)cc1. The Kier molecular flexibility index (Phi) is 6.51. The Morgan fingerprint density at radius 3 is 2.42 bits per heavy atom. The summed E-state index contributed by atoms with van der Waals surface area (Å²) in [5.74, 6) is 0.774. The number of rotatable bonds is 5. The Balaban J connectivity index is 1.44. The van der Waals surface area contributed by atoms with E-state index in [1.165, 1.54) is 11.1 Å². The molecule has 0 saturated carbocycles. The van der Waals surface area contributed by atoms with Gasteiger partial charge in [-0.1, -0.05) is 72.7 Å². The molecule has 4 aromatic rings. The summed E-state index contributed by atoms with van der Waals surface area (Å²) in [6.07, 6.45) is 0. The maximum atomic E-state index is 12.7. The molecule has 1 amide bonds. The second-order valence-corrected chi connectivity index (χ2v) is 11.5. The highest BCUT2D eigenvalue weighted by molar-refractivity contribution is 9.10. The molecule has 0 aliphatic heterocycles. The Morgan fingerprint density at radius 2 is 1.74 bits per heavy atom. The van der Waals surface area contributed by atoms with Crippen molar-refractivity contribution >= 4 is 60.8 Å². The number of nitrogens with one attached hydrogen (secondary N) is 1. The molecule has 158 valence electrons. The van der Waals surface area contributed by atoms with Gasteiger partial charge in [-0.25, -0.2) is 4.98 Å². The predicted octanol–water partition coefficient (Wildman–Crippen LogP) is 7.90. The van der Waals surface area contributed by atoms with Crippen molar-refractivity contribution in [1.82, 2.24) is 4.98 Å². The maximum Gasteiger partial charge on any atom is 0.255 e. The molecule has 6 heteroatoms. The number of thioether (sulfide) groups is 1. The highest BCUT2D eigenvalue weighted by atomic mass is 79.9. The number of fused-ring (bicyclic) bond motifs is 1. The molecule has 3 nitrogen and oxygen atoms in total. The van der Waals surface area contributed by atoms with E-state index in [1.807, 2.05) is 42.5 Å². The third kappa shape index (κ3) is 5.56. The lowest BCUT2D eigenvalue weighted by Gasteiger charge is -2.19. The van der Waals surface area contributed by atoms with Crippen LogP contribution in [0, 0.1) is 0 Å². The summed E-state index contributed by atoms with van der Waals surface area (Å²) in [7, 11) is 0. The van der Waals surface area contributed by atoms with Gasteiger partial charge in [0.15, 0.2) is 4.34 Å². The van der Waals surface area contributed by atoms with Crippen LogP contribution < -0.4 is 5.32 Å². The lowest BCUT2D eigenvalue weighted by Crippen LogP contribution is -2.14. The zero-order chi connectivity index (χ0) is 22.0. The van der Waals surface area contributed by atoms with Crippen LogP contribution in [0.15, 0.2) is 75.5 Å². The van der Waals surface area contributed by atoms with E-state index in [-0.39, 0.29) is 11.3 Å². The van der Waals surface area contributed by atoms with Crippen molar-refractivity contribution in [3.8, 4) is 0 Å². The van der Waals surface area contributed by atoms with E-state index >= 15 is 0 Å². The second-order valence-electron chi connectivity index (χ2n) is 8.36. The zero-order valence-electron chi connectivity index (χ0n) is 17.6. The van der Waals surface area contributed by atoms with Crippen molar-refractivity contribution in [2.24, 2.45) is 0 Å². The van der Waals surface area contributed by atoms with E-state index in [2.05, 4.69) is 66.3 Å². The first-order chi connectivity index (χ1) is 14.8. The fourth-order valence-electron chi connectivity index (χ4n) is 3.09. The molecule has 0 atom stereocenters. The number of halogens is 1. The van der Waals surface area contributed by atoms with Gasteiger partial charge in [-0.15, -0.1) is 11.3 Å². The topological polar surface area (TPSA) is 42.0 Å². The van der Waals surface area contributed by atoms with E-state index in [4.69, 9.17) is 4.98 Å². The van der Waals surface area contributed by atoms with Crippen LogP contribution in [0.4, 0.5) is 5.69 Å². The first kappa shape index (κ1) is 22.1. The third-order valence-electron chi connectivity index (χ3n) is 4.92. The average molecular weight is 512 g/mol. The number of anilines is 1. The first-order valence-corrected chi connectivity index (χ1v) is 12.6. The van der Waals surface area contributed by atoms with Crippen LogP contribution in [0.1, 0.15) is 42.3 Å². The van der Waals surface area contributed by atoms with Gasteiger partial charge in [0.25, 0.3) is 5.91 Å². The van der Waals surface area contributed by atoms with Crippen LogP contribution in [0.3, 0.4) is 0 Å². The molecule has 1 heterocycles. The van der Waals surface area contributed by atoms with Crippen LogP contribution in [0.25, 0.3) is 10.2 Å². The van der Waals surface area contributed by atoms with Crippen LogP contribution in [0.5, 0.6) is 0 Å². The number of amides is 1. The minimum Gasteiger partial charge on any atom is -0.322 e. The zero-order valence-corrected chi connectivity index (χ0v) is 20.8. The lowest BCUT2D eigenvalue weighted by molar-refractivity contribution is 0.102. The summed E-state index contributed by atoms with van der Waals surface area (Å²) < 4.78 is 3.18. The minimum absolute atomic E-state index is 0.0687. The number of aromatic nitrogens is 1. The number of hydrogen-bond acceptors (Lipinski definition) is 4. The minimum atomic E-state index is -0.103. The monoisotopic (exact) mass is 510 g/mol. The Labute approximate surface area is 199 Å². The predicted molar refractivity (Wildman–Crippen MR) is 136 cm³/mol. The molecule has 0 aliphatic carbocycles. The van der Waals surface area contributed by atoms with Crippen molar-refractivity contribution in [1.29, 1.82) is 0 Å². The van der Waals surface area contributed by atoms with E-state index in [0.717, 1.165) is 30.5 Å². The van der Waals surface area contributed by atoms with Gasteiger partial charge in [0.2, 0.25) is 0 Å². The van der Waals surface area contributed by atoms with Crippen molar-refractivity contribution < 1.29 is 4.79 Å². The smallest absolute Gasteiger partial charge is 0.255 e. The summed E-state index contributed by atoms with van der Waals surface area (Å²) in [5, 5.41) is 3.01. The number of carbonyl (C=O) groups is 1. The van der Waals surface area contributed by atoms with Crippen molar-refractivity contribution in [2.75, 3.05) is 5.32 Å². The molecule has 4 rings (SSSR count). The summed E-state index contributed by atoms with van der Waals surface area (Å²) in [5.41, 5.74) is 4.94. The van der Waals surface area contributed by atoms with Gasteiger partial charge >= 0.3 is 0 Å². The molecule has 0 unspecified atom stereocenters. The Hall–Kier alpha value is -2.15. The first-order valence-electron chi connectivity index (χ1n) is 9.98. The molecule has 31 heavy (non-hydrogen) atoms. The molecule has 1 N–H and O–H groups in total. The molecule has 0 radical (unpaired) electrons. The number of thiazole rings is 1. The standard InChI is InChI=1S/C25H23BrN2OS2/c1-25(2,3)18-8-6-17(7-9-18)23(29)27-20-12-13-21-22(14-20)31-24(28-21)30-15-16-4-10-19(26)11-5-16/h4-14H,15H2,1-3H3,(H,27,29). The van der Waals surface area contributed by atoms with E-state index in [9.17, 15) is 4.79 Å². The summed E-state index contributed by atoms with van der Waals surface area (Å²) in [6.45, 7) is 6.49. The van der Waals surface area contributed by atoms with Crippen molar-refractivity contribution in [3.63, 3.8) is 0 Å². The molecule has 3 aromatic carbocycles. The fraction of sp³-hybridized carbons (Fsp3) is 0.200.